The molecule has 1 atom stereocenters. The summed E-state index contributed by atoms with van der Waals surface area (Å²) in [6, 6.07) is 11.8. The molecule has 0 heterocycles. The summed E-state index contributed by atoms with van der Waals surface area (Å²) in [6.07, 6.45) is -5.17. The Morgan fingerprint density at radius 2 is 1.69 bits per heavy atom. The van der Waals surface area contributed by atoms with Crippen molar-refractivity contribution in [2.24, 2.45) is 0 Å². The van der Waals surface area contributed by atoms with Crippen molar-refractivity contribution in [1.29, 1.82) is 0 Å². The minimum absolute atomic E-state index is 0.326. The number of anilines is 1. The van der Waals surface area contributed by atoms with Crippen molar-refractivity contribution >= 4 is 11.6 Å². The summed E-state index contributed by atoms with van der Waals surface area (Å²) in [6.45, 7) is 1.78. The summed E-state index contributed by atoms with van der Waals surface area (Å²) >= 11 is 0. The molecule has 0 saturated carbocycles. The Morgan fingerprint density at radius 3 is 2.23 bits per heavy atom. The highest BCUT2D eigenvalue weighted by Crippen LogP contribution is 2.28. The monoisotopic (exact) mass is 369 g/mol. The largest absolute Gasteiger partial charge is 0.573 e. The number of halogens is 3. The molecule has 0 spiro atoms. The van der Waals surface area contributed by atoms with Crippen molar-refractivity contribution in [1.82, 2.24) is 0 Å². The van der Waals surface area contributed by atoms with Crippen LogP contribution in [0.4, 0.5) is 18.9 Å². The Morgan fingerprint density at radius 1 is 1.08 bits per heavy atom. The summed E-state index contributed by atoms with van der Waals surface area (Å²) in [5.74, 6) is 0.119. The summed E-state index contributed by atoms with van der Waals surface area (Å²) in [5.41, 5.74) is 0.326. The van der Waals surface area contributed by atoms with E-state index in [0.29, 0.717) is 23.6 Å². The quantitative estimate of drug-likeness (QED) is 0.786. The number of ether oxygens (including phenoxy) is 3. The highest BCUT2D eigenvalue weighted by Gasteiger charge is 2.31. The van der Waals surface area contributed by atoms with Crippen LogP contribution in [-0.4, -0.2) is 25.5 Å². The standard InChI is InChI=1S/C18H18F3NO4/c1-3-14(25-16-7-5-4-6-15(16)24-2)17(23)22-12-8-10-13(11-9-12)26-18(19,20)21/h4-11,14H,3H2,1-2H3,(H,22,23). The molecule has 0 fully saturated rings. The van der Waals surface area contributed by atoms with E-state index < -0.39 is 18.4 Å². The van der Waals surface area contributed by atoms with Crippen LogP contribution < -0.4 is 19.5 Å². The molecule has 2 rings (SSSR count). The van der Waals surface area contributed by atoms with Crippen LogP contribution in [0, 0.1) is 0 Å². The molecule has 8 heteroatoms. The molecule has 140 valence electrons. The Kier molecular flexibility index (Phi) is 6.32. The van der Waals surface area contributed by atoms with Gasteiger partial charge in [0.1, 0.15) is 5.75 Å². The van der Waals surface area contributed by atoms with Crippen molar-refractivity contribution in [2.45, 2.75) is 25.8 Å². The van der Waals surface area contributed by atoms with E-state index in [4.69, 9.17) is 9.47 Å². The molecule has 0 aliphatic rings. The number of alkyl halides is 3. The van der Waals surface area contributed by atoms with Gasteiger partial charge in [0.25, 0.3) is 5.91 Å². The van der Waals surface area contributed by atoms with Gasteiger partial charge in [0.15, 0.2) is 17.6 Å². The second-order valence-electron chi connectivity index (χ2n) is 5.23. The molecule has 0 aliphatic carbocycles. The van der Waals surface area contributed by atoms with Gasteiger partial charge in [-0.2, -0.15) is 0 Å². The minimum atomic E-state index is -4.76. The average Bonchev–Trinajstić information content (AvgIpc) is 2.60. The maximum Gasteiger partial charge on any atom is 0.573 e. The van der Waals surface area contributed by atoms with Crippen LogP contribution in [0.2, 0.25) is 0 Å². The molecular formula is C18H18F3NO4. The Bertz CT molecular complexity index is 732. The molecule has 1 amide bonds. The van der Waals surface area contributed by atoms with Crippen molar-refractivity contribution in [3.05, 3.63) is 48.5 Å². The maximum atomic E-state index is 12.4. The number of para-hydroxylation sites is 2. The Hall–Kier alpha value is -2.90. The molecule has 2 aromatic rings. The lowest BCUT2D eigenvalue weighted by molar-refractivity contribution is -0.274. The van der Waals surface area contributed by atoms with Gasteiger partial charge in [-0.25, -0.2) is 0 Å². The highest BCUT2D eigenvalue weighted by molar-refractivity contribution is 5.94. The van der Waals surface area contributed by atoms with Crippen molar-refractivity contribution in [3.63, 3.8) is 0 Å². The molecule has 2 aromatic carbocycles. The number of carbonyl (C=O) groups is 1. The zero-order chi connectivity index (χ0) is 19.2. The number of amides is 1. The first-order valence-electron chi connectivity index (χ1n) is 7.78. The number of benzene rings is 2. The zero-order valence-corrected chi connectivity index (χ0v) is 14.2. The van der Waals surface area contributed by atoms with E-state index in [1.165, 1.54) is 19.2 Å². The molecule has 5 nitrogen and oxygen atoms in total. The fourth-order valence-corrected chi connectivity index (χ4v) is 2.15. The Balaban J connectivity index is 2.02. The van der Waals surface area contributed by atoms with Crippen LogP contribution in [0.15, 0.2) is 48.5 Å². The lowest BCUT2D eigenvalue weighted by Gasteiger charge is -2.19. The van der Waals surface area contributed by atoms with E-state index in [1.54, 1.807) is 31.2 Å². The van der Waals surface area contributed by atoms with Crippen LogP contribution >= 0.6 is 0 Å². The topological polar surface area (TPSA) is 56.8 Å². The number of hydrogen-bond acceptors (Lipinski definition) is 4. The van der Waals surface area contributed by atoms with Gasteiger partial charge in [-0.1, -0.05) is 19.1 Å². The van der Waals surface area contributed by atoms with Gasteiger partial charge in [0, 0.05) is 5.69 Å². The second-order valence-corrected chi connectivity index (χ2v) is 5.23. The summed E-state index contributed by atoms with van der Waals surface area (Å²) in [5, 5.41) is 2.60. The molecule has 0 radical (unpaired) electrons. The third kappa shape index (κ3) is 5.58. The third-order valence-electron chi connectivity index (χ3n) is 3.36. The van der Waals surface area contributed by atoms with Gasteiger partial charge in [-0.15, -0.1) is 13.2 Å². The van der Waals surface area contributed by atoms with Gasteiger partial charge < -0.3 is 19.5 Å². The molecule has 0 aromatic heterocycles. The summed E-state index contributed by atoms with van der Waals surface area (Å²) < 4.78 is 51.1. The highest BCUT2D eigenvalue weighted by atomic mass is 19.4. The SMILES string of the molecule is CCC(Oc1ccccc1OC)C(=O)Nc1ccc(OC(F)(F)F)cc1. The van der Waals surface area contributed by atoms with E-state index in [0.717, 1.165) is 12.1 Å². The van der Waals surface area contributed by atoms with Crippen LogP contribution in [0.3, 0.4) is 0 Å². The van der Waals surface area contributed by atoms with Gasteiger partial charge in [-0.3, -0.25) is 4.79 Å². The first-order valence-corrected chi connectivity index (χ1v) is 7.78. The number of methoxy groups -OCH3 is 1. The molecule has 0 saturated heterocycles. The first kappa shape index (κ1) is 19.4. The fourth-order valence-electron chi connectivity index (χ4n) is 2.15. The van der Waals surface area contributed by atoms with Crippen LogP contribution in [0.5, 0.6) is 17.2 Å². The summed E-state index contributed by atoms with van der Waals surface area (Å²) in [4.78, 5) is 12.4. The van der Waals surface area contributed by atoms with Gasteiger partial charge in [0.05, 0.1) is 7.11 Å². The number of carbonyl (C=O) groups excluding carboxylic acids is 1. The first-order chi connectivity index (χ1) is 12.3. The predicted octanol–water partition coefficient (Wildman–Crippen LogP) is 4.39. The van der Waals surface area contributed by atoms with Crippen LogP contribution in [-0.2, 0) is 4.79 Å². The van der Waals surface area contributed by atoms with E-state index in [9.17, 15) is 18.0 Å². The maximum absolute atomic E-state index is 12.4. The zero-order valence-electron chi connectivity index (χ0n) is 14.2. The molecule has 1 N–H and O–H groups in total. The number of hydrogen-bond donors (Lipinski definition) is 1. The van der Waals surface area contributed by atoms with Crippen LogP contribution in [0.25, 0.3) is 0 Å². The normalized spacial score (nSPS) is 12.2. The molecule has 0 bridgehead atoms. The lowest BCUT2D eigenvalue weighted by atomic mass is 10.2. The second kappa shape index (κ2) is 8.46. The number of rotatable bonds is 7. The minimum Gasteiger partial charge on any atom is -0.493 e. The molecular weight excluding hydrogens is 351 g/mol. The Labute approximate surface area is 148 Å². The fraction of sp³-hybridized carbons (Fsp3) is 0.278. The third-order valence-corrected chi connectivity index (χ3v) is 3.36. The van der Waals surface area contributed by atoms with Gasteiger partial charge in [0.2, 0.25) is 0 Å². The van der Waals surface area contributed by atoms with E-state index in [-0.39, 0.29) is 5.75 Å². The van der Waals surface area contributed by atoms with E-state index in [2.05, 4.69) is 10.1 Å². The van der Waals surface area contributed by atoms with Gasteiger partial charge >= 0.3 is 6.36 Å². The van der Waals surface area contributed by atoms with Crippen LogP contribution in [0.1, 0.15) is 13.3 Å². The smallest absolute Gasteiger partial charge is 0.493 e. The van der Waals surface area contributed by atoms with E-state index in [1.807, 2.05) is 0 Å². The molecule has 0 aliphatic heterocycles. The summed E-state index contributed by atoms with van der Waals surface area (Å²) in [7, 11) is 1.49. The predicted molar refractivity (Wildman–Crippen MR) is 89.5 cm³/mol. The lowest BCUT2D eigenvalue weighted by Crippen LogP contribution is -2.32. The van der Waals surface area contributed by atoms with Gasteiger partial charge in [-0.05, 0) is 42.8 Å². The molecule has 26 heavy (non-hydrogen) atoms. The average molecular weight is 369 g/mol. The van der Waals surface area contributed by atoms with Crippen molar-refractivity contribution < 1.29 is 32.2 Å². The van der Waals surface area contributed by atoms with E-state index >= 15 is 0 Å². The number of nitrogens with one attached hydrogen (secondary N) is 1. The van der Waals surface area contributed by atoms with Crippen molar-refractivity contribution in [2.75, 3.05) is 12.4 Å². The molecule has 1 unspecified atom stereocenters. The van der Waals surface area contributed by atoms with Crippen molar-refractivity contribution in [3.8, 4) is 17.2 Å².